The molecule has 0 radical (unpaired) electrons. The van der Waals surface area contributed by atoms with Gasteiger partial charge in [0.25, 0.3) is 0 Å². The standard InChI is InChI=1S/C14H26N2O/c1-14(2)12(11-6-9-17-13(11)14)15-10-4-7-16(3)8-5-10/h10-13,15H,4-9H2,1-3H3. The lowest BCUT2D eigenvalue weighted by Gasteiger charge is -2.56. The van der Waals surface area contributed by atoms with Crippen LogP contribution in [0.3, 0.4) is 0 Å². The first-order valence-corrected chi connectivity index (χ1v) is 7.15. The molecule has 3 nitrogen and oxygen atoms in total. The molecule has 3 atom stereocenters. The number of rotatable bonds is 2. The fourth-order valence-electron chi connectivity index (χ4n) is 4.09. The quantitative estimate of drug-likeness (QED) is 0.789. The van der Waals surface area contributed by atoms with Crippen molar-refractivity contribution in [2.75, 3.05) is 26.7 Å². The van der Waals surface area contributed by atoms with Gasteiger partial charge in [0.2, 0.25) is 0 Å². The largest absolute Gasteiger partial charge is 0.377 e. The molecule has 2 aliphatic heterocycles. The predicted molar refractivity (Wildman–Crippen MR) is 69.1 cm³/mol. The molecule has 2 heterocycles. The maximum Gasteiger partial charge on any atom is 0.0685 e. The number of ether oxygens (including phenoxy) is 1. The van der Waals surface area contributed by atoms with Gasteiger partial charge < -0.3 is 15.0 Å². The Morgan fingerprint density at radius 2 is 1.88 bits per heavy atom. The minimum absolute atomic E-state index is 0.338. The van der Waals surface area contributed by atoms with E-state index in [1.165, 1.54) is 32.4 Å². The van der Waals surface area contributed by atoms with Gasteiger partial charge >= 0.3 is 0 Å². The molecule has 1 aliphatic carbocycles. The van der Waals surface area contributed by atoms with Crippen molar-refractivity contribution < 1.29 is 4.74 Å². The van der Waals surface area contributed by atoms with Crippen LogP contribution < -0.4 is 5.32 Å². The Hall–Kier alpha value is -0.120. The highest BCUT2D eigenvalue weighted by molar-refractivity contribution is 5.11. The third-order valence-electron chi connectivity index (χ3n) is 5.23. The molecule has 0 aromatic carbocycles. The van der Waals surface area contributed by atoms with Gasteiger partial charge in [0.1, 0.15) is 0 Å². The Morgan fingerprint density at radius 1 is 1.18 bits per heavy atom. The van der Waals surface area contributed by atoms with Crippen LogP contribution in [-0.4, -0.2) is 49.8 Å². The number of hydrogen-bond acceptors (Lipinski definition) is 3. The van der Waals surface area contributed by atoms with E-state index in [-0.39, 0.29) is 0 Å². The average molecular weight is 238 g/mol. The highest BCUT2D eigenvalue weighted by Gasteiger charge is 2.59. The van der Waals surface area contributed by atoms with Crippen LogP contribution in [0, 0.1) is 11.3 Å². The SMILES string of the molecule is CN1CCC(NC2C3CCOC3C2(C)C)CC1. The second-order valence-electron chi connectivity index (χ2n) is 6.79. The summed E-state index contributed by atoms with van der Waals surface area (Å²) in [6.45, 7) is 8.20. The van der Waals surface area contributed by atoms with Crippen LogP contribution in [0.25, 0.3) is 0 Å². The van der Waals surface area contributed by atoms with Gasteiger partial charge in [-0.15, -0.1) is 0 Å². The number of fused-ring (bicyclic) bond motifs is 1. The number of nitrogens with one attached hydrogen (secondary N) is 1. The molecule has 98 valence electrons. The zero-order valence-electron chi connectivity index (χ0n) is 11.4. The van der Waals surface area contributed by atoms with E-state index >= 15 is 0 Å². The Labute approximate surface area is 105 Å². The molecule has 3 heteroatoms. The molecule has 0 bridgehead atoms. The van der Waals surface area contributed by atoms with Crippen molar-refractivity contribution >= 4 is 0 Å². The molecular weight excluding hydrogens is 212 g/mol. The van der Waals surface area contributed by atoms with Gasteiger partial charge in [0.05, 0.1) is 6.10 Å². The first kappa shape index (κ1) is 11.9. The summed E-state index contributed by atoms with van der Waals surface area (Å²) in [5.74, 6) is 0.782. The van der Waals surface area contributed by atoms with E-state index in [9.17, 15) is 0 Å². The van der Waals surface area contributed by atoms with E-state index in [2.05, 4.69) is 31.1 Å². The third-order valence-corrected chi connectivity index (χ3v) is 5.23. The van der Waals surface area contributed by atoms with Gasteiger partial charge in [-0.3, -0.25) is 0 Å². The fourth-order valence-corrected chi connectivity index (χ4v) is 4.09. The smallest absolute Gasteiger partial charge is 0.0685 e. The summed E-state index contributed by atoms with van der Waals surface area (Å²) >= 11 is 0. The van der Waals surface area contributed by atoms with Gasteiger partial charge in [-0.1, -0.05) is 13.8 Å². The van der Waals surface area contributed by atoms with E-state index in [4.69, 9.17) is 4.74 Å². The normalized spacial score (nSPS) is 42.2. The monoisotopic (exact) mass is 238 g/mol. The Kier molecular flexibility index (Phi) is 2.96. The van der Waals surface area contributed by atoms with Gasteiger partial charge in [0.15, 0.2) is 0 Å². The van der Waals surface area contributed by atoms with E-state index < -0.39 is 0 Å². The molecule has 3 aliphatic rings. The molecule has 3 unspecified atom stereocenters. The molecule has 0 aromatic rings. The van der Waals surface area contributed by atoms with Crippen molar-refractivity contribution in [3.05, 3.63) is 0 Å². The summed E-state index contributed by atoms with van der Waals surface area (Å²) in [6.07, 6.45) is 4.40. The predicted octanol–water partition coefficient (Wildman–Crippen LogP) is 1.48. The second-order valence-corrected chi connectivity index (χ2v) is 6.79. The zero-order valence-corrected chi connectivity index (χ0v) is 11.4. The summed E-state index contributed by atoms with van der Waals surface area (Å²) in [5.41, 5.74) is 0.338. The van der Waals surface area contributed by atoms with Gasteiger partial charge in [-0.25, -0.2) is 0 Å². The number of likely N-dealkylation sites (tertiary alicyclic amines) is 1. The average Bonchev–Trinajstić information content (AvgIpc) is 2.75. The van der Waals surface area contributed by atoms with E-state index in [0.717, 1.165) is 18.6 Å². The molecular formula is C14H26N2O. The van der Waals surface area contributed by atoms with Crippen molar-refractivity contribution in [1.29, 1.82) is 0 Å². The summed E-state index contributed by atoms with van der Waals surface area (Å²) < 4.78 is 5.86. The lowest BCUT2D eigenvalue weighted by atomic mass is 9.57. The molecule has 0 aromatic heterocycles. The Morgan fingerprint density at radius 3 is 2.59 bits per heavy atom. The molecule has 0 spiro atoms. The number of nitrogens with zero attached hydrogens (tertiary/aromatic N) is 1. The van der Waals surface area contributed by atoms with E-state index in [1.807, 2.05) is 0 Å². The highest BCUT2D eigenvalue weighted by Crippen LogP contribution is 2.52. The fraction of sp³-hybridized carbons (Fsp3) is 1.00. The van der Waals surface area contributed by atoms with Crippen LogP contribution in [0.2, 0.25) is 0 Å². The van der Waals surface area contributed by atoms with Crippen LogP contribution in [0.5, 0.6) is 0 Å². The van der Waals surface area contributed by atoms with Crippen molar-refractivity contribution in [3.8, 4) is 0 Å². The number of hydrogen-bond donors (Lipinski definition) is 1. The van der Waals surface area contributed by atoms with Gasteiger partial charge in [0, 0.05) is 30.0 Å². The van der Waals surface area contributed by atoms with Crippen molar-refractivity contribution in [1.82, 2.24) is 10.2 Å². The minimum Gasteiger partial charge on any atom is -0.377 e. The topological polar surface area (TPSA) is 24.5 Å². The van der Waals surface area contributed by atoms with Crippen LogP contribution in [-0.2, 0) is 4.74 Å². The van der Waals surface area contributed by atoms with Crippen LogP contribution in [0.4, 0.5) is 0 Å². The lowest BCUT2D eigenvalue weighted by molar-refractivity contribution is -0.116. The number of piperidine rings is 1. The van der Waals surface area contributed by atoms with Crippen LogP contribution in [0.1, 0.15) is 33.1 Å². The Bertz CT molecular complexity index is 284. The first-order valence-electron chi connectivity index (χ1n) is 7.15. The molecule has 2 saturated heterocycles. The molecule has 3 rings (SSSR count). The molecule has 1 saturated carbocycles. The Balaban J connectivity index is 1.58. The molecule has 3 fully saturated rings. The lowest BCUT2D eigenvalue weighted by Crippen LogP contribution is -2.67. The van der Waals surface area contributed by atoms with Crippen molar-refractivity contribution in [3.63, 3.8) is 0 Å². The summed E-state index contributed by atoms with van der Waals surface area (Å²) in [6, 6.07) is 1.42. The highest BCUT2D eigenvalue weighted by atomic mass is 16.5. The third kappa shape index (κ3) is 1.92. The van der Waals surface area contributed by atoms with Gasteiger partial charge in [-0.05, 0) is 39.4 Å². The van der Waals surface area contributed by atoms with Gasteiger partial charge in [-0.2, -0.15) is 0 Å². The van der Waals surface area contributed by atoms with Crippen LogP contribution >= 0.6 is 0 Å². The molecule has 1 N–H and O–H groups in total. The summed E-state index contributed by atoms with van der Waals surface area (Å²) in [7, 11) is 2.23. The zero-order chi connectivity index (χ0) is 12.0. The minimum atomic E-state index is 0.338. The molecule has 0 amide bonds. The summed E-state index contributed by atoms with van der Waals surface area (Å²) in [4.78, 5) is 2.44. The van der Waals surface area contributed by atoms with E-state index in [1.54, 1.807) is 0 Å². The maximum absolute atomic E-state index is 5.86. The molecule has 17 heavy (non-hydrogen) atoms. The maximum atomic E-state index is 5.86. The first-order chi connectivity index (χ1) is 8.09. The van der Waals surface area contributed by atoms with Crippen molar-refractivity contribution in [2.24, 2.45) is 11.3 Å². The van der Waals surface area contributed by atoms with Crippen molar-refractivity contribution in [2.45, 2.75) is 51.3 Å². The second kappa shape index (κ2) is 4.22. The summed E-state index contributed by atoms with van der Waals surface area (Å²) in [5, 5.41) is 3.93. The van der Waals surface area contributed by atoms with Crippen LogP contribution in [0.15, 0.2) is 0 Å². The van der Waals surface area contributed by atoms with E-state index in [0.29, 0.717) is 17.6 Å².